The van der Waals surface area contributed by atoms with E-state index in [1.54, 1.807) is 0 Å². The van der Waals surface area contributed by atoms with Gasteiger partial charge in [0.05, 0.1) is 4.92 Å². The first-order valence-corrected chi connectivity index (χ1v) is 3.64. The molecule has 0 spiro atoms. The van der Waals surface area contributed by atoms with Gasteiger partial charge in [-0.25, -0.2) is 4.98 Å². The SMILES string of the molecule is N#Cc1ccnc(OC(F)(F)F)c1[N+](=O)[O-]. The second-order valence-corrected chi connectivity index (χ2v) is 2.43. The number of aromatic nitrogens is 1. The van der Waals surface area contributed by atoms with Gasteiger partial charge >= 0.3 is 17.9 Å². The molecule has 0 unspecified atom stereocenters. The number of halogens is 3. The van der Waals surface area contributed by atoms with Gasteiger partial charge in [-0.15, -0.1) is 13.2 Å². The molecule has 9 heteroatoms. The molecule has 1 heterocycles. The molecule has 0 aliphatic carbocycles. The van der Waals surface area contributed by atoms with Crippen molar-refractivity contribution in [1.29, 1.82) is 5.26 Å². The number of ether oxygens (including phenoxy) is 1. The molecule has 84 valence electrons. The third-order valence-electron chi connectivity index (χ3n) is 1.41. The van der Waals surface area contributed by atoms with E-state index in [0.29, 0.717) is 0 Å². The van der Waals surface area contributed by atoms with E-state index in [4.69, 9.17) is 5.26 Å². The van der Waals surface area contributed by atoms with Crippen LogP contribution in [-0.2, 0) is 0 Å². The van der Waals surface area contributed by atoms with Gasteiger partial charge in [0.25, 0.3) is 0 Å². The molecule has 0 atom stereocenters. The van der Waals surface area contributed by atoms with Gasteiger partial charge in [0.2, 0.25) is 0 Å². The van der Waals surface area contributed by atoms with Crippen LogP contribution in [0.3, 0.4) is 0 Å². The van der Waals surface area contributed by atoms with Gasteiger partial charge in [0.15, 0.2) is 0 Å². The van der Waals surface area contributed by atoms with Gasteiger partial charge in [-0.05, 0) is 6.07 Å². The summed E-state index contributed by atoms with van der Waals surface area (Å²) in [5, 5.41) is 18.9. The zero-order chi connectivity index (χ0) is 12.3. The summed E-state index contributed by atoms with van der Waals surface area (Å²) >= 11 is 0. The van der Waals surface area contributed by atoms with Crippen LogP contribution in [0, 0.1) is 21.4 Å². The molecule has 0 N–H and O–H groups in total. The van der Waals surface area contributed by atoms with Crippen LogP contribution in [0.2, 0.25) is 0 Å². The Bertz CT molecular complexity index is 466. The number of nitrogens with zero attached hydrogens (tertiary/aromatic N) is 3. The lowest BCUT2D eigenvalue weighted by atomic mass is 10.2. The maximum Gasteiger partial charge on any atom is 0.574 e. The Hall–Kier alpha value is -2.37. The van der Waals surface area contributed by atoms with Crippen molar-refractivity contribution < 1.29 is 22.8 Å². The van der Waals surface area contributed by atoms with Gasteiger partial charge in [0.1, 0.15) is 11.6 Å². The topological polar surface area (TPSA) is 89.0 Å². The van der Waals surface area contributed by atoms with Crippen molar-refractivity contribution in [2.45, 2.75) is 6.36 Å². The average Bonchev–Trinajstić information content (AvgIpc) is 2.14. The molecule has 0 aromatic carbocycles. The highest BCUT2D eigenvalue weighted by molar-refractivity contribution is 5.54. The van der Waals surface area contributed by atoms with Crippen molar-refractivity contribution in [1.82, 2.24) is 4.98 Å². The van der Waals surface area contributed by atoms with Crippen molar-refractivity contribution >= 4 is 5.69 Å². The lowest BCUT2D eigenvalue weighted by molar-refractivity contribution is -0.389. The number of hydrogen-bond donors (Lipinski definition) is 0. The van der Waals surface area contributed by atoms with Crippen molar-refractivity contribution in [3.05, 3.63) is 27.9 Å². The van der Waals surface area contributed by atoms with Crippen molar-refractivity contribution in [3.63, 3.8) is 0 Å². The first kappa shape index (κ1) is 11.7. The van der Waals surface area contributed by atoms with E-state index in [1.165, 1.54) is 6.07 Å². The molecule has 6 nitrogen and oxygen atoms in total. The van der Waals surface area contributed by atoms with Crippen molar-refractivity contribution in [3.8, 4) is 11.9 Å². The van der Waals surface area contributed by atoms with Gasteiger partial charge in [-0.2, -0.15) is 5.26 Å². The van der Waals surface area contributed by atoms with Crippen LogP contribution in [0.25, 0.3) is 0 Å². The minimum absolute atomic E-state index is 0.556. The Labute approximate surface area is 86.0 Å². The van der Waals surface area contributed by atoms with E-state index in [2.05, 4.69) is 9.72 Å². The molecule has 0 aliphatic heterocycles. The fourth-order valence-corrected chi connectivity index (χ4v) is 0.886. The predicted octanol–water partition coefficient (Wildman–Crippen LogP) is 1.76. The second-order valence-electron chi connectivity index (χ2n) is 2.43. The summed E-state index contributed by atoms with van der Waals surface area (Å²) in [5.41, 5.74) is -1.67. The normalized spacial score (nSPS) is 10.6. The Morgan fingerprint density at radius 1 is 1.56 bits per heavy atom. The zero-order valence-corrected chi connectivity index (χ0v) is 7.35. The molecule has 0 saturated heterocycles. The molecule has 16 heavy (non-hydrogen) atoms. The molecule has 1 aromatic rings. The fraction of sp³-hybridized carbons (Fsp3) is 0.143. The second kappa shape index (κ2) is 4.01. The number of pyridine rings is 1. The summed E-state index contributed by atoms with van der Waals surface area (Å²) in [6.07, 6.45) is -4.29. The Morgan fingerprint density at radius 3 is 2.62 bits per heavy atom. The highest BCUT2D eigenvalue weighted by atomic mass is 19.4. The highest BCUT2D eigenvalue weighted by Gasteiger charge is 2.36. The maximum absolute atomic E-state index is 11.9. The minimum Gasteiger partial charge on any atom is -0.381 e. The lowest BCUT2D eigenvalue weighted by Gasteiger charge is -2.07. The third kappa shape index (κ3) is 2.57. The Kier molecular flexibility index (Phi) is 2.94. The minimum atomic E-state index is -5.11. The number of nitriles is 1. The molecular weight excluding hydrogens is 231 g/mol. The van der Waals surface area contributed by atoms with E-state index in [-0.39, 0.29) is 0 Å². The summed E-state index contributed by atoms with van der Waals surface area (Å²) in [7, 11) is 0. The van der Waals surface area contributed by atoms with E-state index >= 15 is 0 Å². The molecule has 0 fully saturated rings. The predicted molar refractivity (Wildman–Crippen MR) is 42.3 cm³/mol. The third-order valence-corrected chi connectivity index (χ3v) is 1.41. The molecule has 0 bridgehead atoms. The molecule has 0 saturated carbocycles. The Balaban J connectivity index is 3.30. The molecule has 0 aliphatic rings. The monoisotopic (exact) mass is 233 g/mol. The maximum atomic E-state index is 11.9. The average molecular weight is 233 g/mol. The van der Waals surface area contributed by atoms with E-state index < -0.39 is 28.4 Å². The summed E-state index contributed by atoms with van der Waals surface area (Å²) < 4.78 is 38.9. The largest absolute Gasteiger partial charge is 0.574 e. The highest BCUT2D eigenvalue weighted by Crippen LogP contribution is 2.31. The van der Waals surface area contributed by atoms with Crippen LogP contribution < -0.4 is 4.74 Å². The van der Waals surface area contributed by atoms with Gasteiger partial charge < -0.3 is 4.74 Å². The number of alkyl halides is 3. The number of nitro groups is 1. The summed E-state index contributed by atoms with van der Waals surface area (Å²) in [4.78, 5) is 12.4. The van der Waals surface area contributed by atoms with Crippen molar-refractivity contribution in [2.75, 3.05) is 0 Å². The fourth-order valence-electron chi connectivity index (χ4n) is 0.886. The van der Waals surface area contributed by atoms with E-state index in [0.717, 1.165) is 12.3 Å². The van der Waals surface area contributed by atoms with Crippen molar-refractivity contribution in [2.24, 2.45) is 0 Å². The van der Waals surface area contributed by atoms with Crippen LogP contribution in [0.1, 0.15) is 5.56 Å². The zero-order valence-electron chi connectivity index (χ0n) is 7.35. The van der Waals surface area contributed by atoms with Gasteiger partial charge in [-0.3, -0.25) is 10.1 Å². The standard InChI is InChI=1S/C7H2F3N3O3/c8-7(9,10)16-6-5(13(14)15)4(3-11)1-2-12-6/h1-2H. The van der Waals surface area contributed by atoms with Crippen LogP contribution in [0.15, 0.2) is 12.3 Å². The first-order valence-electron chi connectivity index (χ1n) is 3.64. The summed E-state index contributed by atoms with van der Waals surface area (Å²) in [6.45, 7) is 0. The van der Waals surface area contributed by atoms with E-state index in [9.17, 15) is 23.3 Å². The quantitative estimate of drug-likeness (QED) is 0.573. The molecule has 0 amide bonds. The molecule has 0 radical (unpaired) electrons. The van der Waals surface area contributed by atoms with Gasteiger partial charge in [0, 0.05) is 6.20 Å². The van der Waals surface area contributed by atoms with Crippen LogP contribution >= 0.6 is 0 Å². The van der Waals surface area contributed by atoms with Crippen LogP contribution in [-0.4, -0.2) is 16.3 Å². The molecular formula is C7H2F3N3O3. The number of rotatable bonds is 2. The van der Waals surface area contributed by atoms with Crippen LogP contribution in [0.5, 0.6) is 5.88 Å². The number of hydrogen-bond acceptors (Lipinski definition) is 5. The molecule has 1 rings (SSSR count). The lowest BCUT2D eigenvalue weighted by Crippen LogP contribution is -2.19. The summed E-state index contributed by atoms with van der Waals surface area (Å²) in [6, 6.07) is 2.29. The summed E-state index contributed by atoms with van der Waals surface area (Å²) in [5.74, 6) is -1.25. The van der Waals surface area contributed by atoms with E-state index in [1.807, 2.05) is 0 Å². The smallest absolute Gasteiger partial charge is 0.381 e. The molecule has 1 aromatic heterocycles. The van der Waals surface area contributed by atoms with Crippen LogP contribution in [0.4, 0.5) is 18.9 Å². The Morgan fingerprint density at radius 2 is 2.19 bits per heavy atom. The van der Waals surface area contributed by atoms with Gasteiger partial charge in [-0.1, -0.05) is 0 Å². The first-order chi connectivity index (χ1) is 7.35.